The topological polar surface area (TPSA) is 119 Å². The third kappa shape index (κ3) is 3.10. The zero-order chi connectivity index (χ0) is 20.9. The standard InChI is InChI=1S/C21H22N4O4/c1-21(2,3)16-15-11-8-9-25(20(28)29)10-13(11)19(27)22-18(15)24-23-17(16)12-6-4-5-7-14(12)26/h4-7,26H,8-10H2,1-3H3,(H,28,29)(H,22,24,27). The van der Waals surface area contributed by atoms with E-state index in [0.29, 0.717) is 35.4 Å². The summed E-state index contributed by atoms with van der Waals surface area (Å²) in [6.07, 6.45) is -0.634. The molecule has 1 amide bonds. The lowest BCUT2D eigenvalue weighted by atomic mass is 9.80. The Balaban J connectivity index is 2.10. The van der Waals surface area contributed by atoms with E-state index in [-0.39, 0.29) is 23.3 Å². The summed E-state index contributed by atoms with van der Waals surface area (Å²) in [5, 5.41) is 29.1. The number of amides is 1. The van der Waals surface area contributed by atoms with Gasteiger partial charge in [-0.05, 0) is 35.1 Å². The smallest absolute Gasteiger partial charge is 0.407 e. The molecule has 0 unspecified atom stereocenters. The third-order valence-corrected chi connectivity index (χ3v) is 5.31. The minimum absolute atomic E-state index is 0.0355. The second-order valence-corrected chi connectivity index (χ2v) is 8.28. The lowest BCUT2D eigenvalue weighted by Crippen LogP contribution is -2.38. The van der Waals surface area contributed by atoms with Gasteiger partial charge < -0.3 is 20.1 Å². The second kappa shape index (κ2) is 6.58. The van der Waals surface area contributed by atoms with Gasteiger partial charge in [-0.25, -0.2) is 4.79 Å². The Morgan fingerprint density at radius 2 is 1.90 bits per heavy atom. The van der Waals surface area contributed by atoms with Crippen LogP contribution in [-0.4, -0.2) is 42.9 Å². The molecule has 3 N–H and O–H groups in total. The molecule has 8 heteroatoms. The minimum Gasteiger partial charge on any atom is -0.507 e. The van der Waals surface area contributed by atoms with E-state index in [4.69, 9.17) is 0 Å². The van der Waals surface area contributed by atoms with Crippen LogP contribution in [0.25, 0.3) is 22.3 Å². The van der Waals surface area contributed by atoms with Crippen molar-refractivity contribution in [2.45, 2.75) is 39.2 Å². The molecule has 0 radical (unpaired) electrons. The molecule has 1 aliphatic heterocycles. The molecule has 1 aliphatic rings. The first kappa shape index (κ1) is 18.9. The minimum atomic E-state index is -1.05. The van der Waals surface area contributed by atoms with Crippen molar-refractivity contribution >= 4 is 17.1 Å². The van der Waals surface area contributed by atoms with Gasteiger partial charge in [-0.3, -0.25) is 4.79 Å². The largest absolute Gasteiger partial charge is 0.507 e. The molecule has 3 aromatic rings. The number of hydrogen-bond donors (Lipinski definition) is 3. The van der Waals surface area contributed by atoms with E-state index < -0.39 is 6.09 Å². The number of aromatic nitrogens is 3. The highest BCUT2D eigenvalue weighted by atomic mass is 16.4. The van der Waals surface area contributed by atoms with Gasteiger partial charge in [0.2, 0.25) is 0 Å². The SMILES string of the molecule is CC(C)(C)c1c(-c2ccccc2O)nnc2[nH]c(=O)c3c(c12)CCN(C(=O)O)C3. The van der Waals surface area contributed by atoms with Crippen LogP contribution in [0, 0.1) is 0 Å². The Kier molecular flexibility index (Phi) is 4.29. The number of nitrogens with one attached hydrogen (secondary N) is 1. The van der Waals surface area contributed by atoms with E-state index in [0.717, 1.165) is 16.5 Å². The van der Waals surface area contributed by atoms with E-state index in [1.807, 2.05) is 26.8 Å². The Bertz CT molecular complexity index is 1190. The molecule has 2 aromatic heterocycles. The van der Waals surface area contributed by atoms with Crippen LogP contribution < -0.4 is 5.56 Å². The Hall–Kier alpha value is -3.42. The number of phenols is 1. The van der Waals surface area contributed by atoms with Gasteiger partial charge in [-0.2, -0.15) is 0 Å². The molecule has 0 fully saturated rings. The van der Waals surface area contributed by atoms with Crippen LogP contribution >= 0.6 is 0 Å². The van der Waals surface area contributed by atoms with Crippen LogP contribution in [0.3, 0.4) is 0 Å². The maximum Gasteiger partial charge on any atom is 0.407 e. The van der Waals surface area contributed by atoms with Crippen molar-refractivity contribution in [2.24, 2.45) is 0 Å². The highest BCUT2D eigenvalue weighted by molar-refractivity contribution is 5.90. The number of H-pyrrole nitrogens is 1. The summed E-state index contributed by atoms with van der Waals surface area (Å²) >= 11 is 0. The van der Waals surface area contributed by atoms with Crippen molar-refractivity contribution in [1.82, 2.24) is 20.1 Å². The molecule has 0 aliphatic carbocycles. The summed E-state index contributed by atoms with van der Waals surface area (Å²) in [5.74, 6) is 0.0991. The summed E-state index contributed by atoms with van der Waals surface area (Å²) in [6, 6.07) is 6.94. The summed E-state index contributed by atoms with van der Waals surface area (Å²) in [5.41, 5.74) is 2.88. The number of phenolic OH excluding ortho intramolecular Hbond substituents is 1. The number of carboxylic acid groups (broad SMARTS) is 1. The fraction of sp³-hybridized carbons (Fsp3) is 0.333. The predicted octanol–water partition coefficient (Wildman–Crippen LogP) is 3.02. The van der Waals surface area contributed by atoms with Crippen molar-refractivity contribution in [3.05, 3.63) is 51.3 Å². The molecule has 0 bridgehead atoms. The summed E-state index contributed by atoms with van der Waals surface area (Å²) in [7, 11) is 0. The van der Waals surface area contributed by atoms with Crippen molar-refractivity contribution in [1.29, 1.82) is 0 Å². The molecule has 1 aromatic carbocycles. The molecule has 0 atom stereocenters. The molecule has 0 saturated carbocycles. The number of fused-ring (bicyclic) bond motifs is 3. The second-order valence-electron chi connectivity index (χ2n) is 8.28. The quantitative estimate of drug-likeness (QED) is 0.584. The zero-order valence-electron chi connectivity index (χ0n) is 16.5. The van der Waals surface area contributed by atoms with Crippen LogP contribution in [-0.2, 0) is 18.4 Å². The van der Waals surface area contributed by atoms with Gasteiger partial charge in [0.25, 0.3) is 5.56 Å². The molecule has 150 valence electrons. The zero-order valence-corrected chi connectivity index (χ0v) is 16.5. The molecule has 29 heavy (non-hydrogen) atoms. The first-order chi connectivity index (χ1) is 13.7. The fourth-order valence-corrected chi connectivity index (χ4v) is 4.00. The number of para-hydroxylation sites is 1. The number of aromatic amines is 1. The highest BCUT2D eigenvalue weighted by Crippen LogP contribution is 2.40. The van der Waals surface area contributed by atoms with Crippen LogP contribution in [0.15, 0.2) is 29.1 Å². The van der Waals surface area contributed by atoms with E-state index in [9.17, 15) is 19.8 Å². The number of pyridine rings is 1. The third-order valence-electron chi connectivity index (χ3n) is 5.31. The lowest BCUT2D eigenvalue weighted by molar-refractivity contribution is 0.140. The van der Waals surface area contributed by atoms with Gasteiger partial charge in [0.05, 0.1) is 6.54 Å². The van der Waals surface area contributed by atoms with E-state index >= 15 is 0 Å². The van der Waals surface area contributed by atoms with Gasteiger partial charge in [0.15, 0.2) is 5.65 Å². The summed E-state index contributed by atoms with van der Waals surface area (Å²) in [4.78, 5) is 28.0. The maximum absolute atomic E-state index is 12.6. The predicted molar refractivity (Wildman–Crippen MR) is 108 cm³/mol. The average molecular weight is 394 g/mol. The lowest BCUT2D eigenvalue weighted by Gasteiger charge is -2.30. The van der Waals surface area contributed by atoms with Crippen LogP contribution in [0.1, 0.15) is 37.5 Å². The molecule has 0 spiro atoms. The number of hydrogen-bond acceptors (Lipinski definition) is 5. The fourth-order valence-electron chi connectivity index (χ4n) is 4.00. The van der Waals surface area contributed by atoms with E-state index in [1.54, 1.807) is 18.2 Å². The van der Waals surface area contributed by atoms with Crippen LogP contribution in [0.4, 0.5) is 4.79 Å². The van der Waals surface area contributed by atoms with Crippen molar-refractivity contribution in [2.75, 3.05) is 6.54 Å². The Labute approximate surface area is 166 Å². The molecular weight excluding hydrogens is 372 g/mol. The van der Waals surface area contributed by atoms with Gasteiger partial charge in [0.1, 0.15) is 11.4 Å². The average Bonchev–Trinajstić information content (AvgIpc) is 2.66. The van der Waals surface area contributed by atoms with E-state index in [1.165, 1.54) is 4.90 Å². The van der Waals surface area contributed by atoms with Crippen LogP contribution in [0.2, 0.25) is 0 Å². The van der Waals surface area contributed by atoms with Gasteiger partial charge >= 0.3 is 6.09 Å². The first-order valence-corrected chi connectivity index (χ1v) is 9.39. The number of nitrogens with zero attached hydrogens (tertiary/aromatic N) is 3. The summed E-state index contributed by atoms with van der Waals surface area (Å²) < 4.78 is 0. The van der Waals surface area contributed by atoms with Crippen molar-refractivity contribution in [3.8, 4) is 17.0 Å². The Morgan fingerprint density at radius 3 is 2.55 bits per heavy atom. The van der Waals surface area contributed by atoms with Gasteiger partial charge in [0, 0.05) is 23.1 Å². The maximum atomic E-state index is 12.6. The molecule has 3 heterocycles. The molecule has 8 nitrogen and oxygen atoms in total. The van der Waals surface area contributed by atoms with Crippen molar-refractivity contribution in [3.63, 3.8) is 0 Å². The van der Waals surface area contributed by atoms with Gasteiger partial charge in [-0.15, -0.1) is 10.2 Å². The summed E-state index contributed by atoms with van der Waals surface area (Å²) in [6.45, 7) is 6.46. The monoisotopic (exact) mass is 394 g/mol. The highest BCUT2D eigenvalue weighted by Gasteiger charge is 2.31. The number of aromatic hydroxyl groups is 1. The molecule has 4 rings (SSSR count). The molecule has 0 saturated heterocycles. The Morgan fingerprint density at radius 1 is 1.17 bits per heavy atom. The number of benzene rings is 1. The molecular formula is C21H22N4O4. The van der Waals surface area contributed by atoms with Crippen LogP contribution in [0.5, 0.6) is 5.75 Å². The van der Waals surface area contributed by atoms with Crippen molar-refractivity contribution < 1.29 is 15.0 Å². The van der Waals surface area contributed by atoms with E-state index in [2.05, 4.69) is 15.2 Å². The van der Waals surface area contributed by atoms with Gasteiger partial charge in [-0.1, -0.05) is 32.9 Å². The first-order valence-electron chi connectivity index (χ1n) is 9.39. The normalized spacial score (nSPS) is 14.1. The number of rotatable bonds is 1. The number of carbonyl (C=O) groups is 1.